The zero-order chi connectivity index (χ0) is 17.5. The highest BCUT2D eigenvalue weighted by atomic mass is 15.3. The van der Waals surface area contributed by atoms with E-state index in [-0.39, 0.29) is 6.17 Å². The first-order valence-electron chi connectivity index (χ1n) is 10.4. The standard InChI is InChI=1S/C21H41N3/c1-3-4-5-6-7-8-9-10-11-12-13-14-15-16-17-21-23-18-19-24(21)20(2)22/h11-12,18,20-21H,3-10,13-17,19,22H2,1-2H3/b12-11+. The van der Waals surface area contributed by atoms with Gasteiger partial charge in [-0.15, -0.1) is 0 Å². The predicted octanol–water partition coefficient (Wildman–Crippen LogP) is 5.65. The SMILES string of the molecule is CCCCCCCCC/C=C/CCCCCC1N=CCN1C(C)N. The van der Waals surface area contributed by atoms with Crippen molar-refractivity contribution >= 4 is 6.21 Å². The maximum Gasteiger partial charge on any atom is 0.103 e. The molecule has 0 aromatic rings. The van der Waals surface area contributed by atoms with Gasteiger partial charge in [0.15, 0.2) is 0 Å². The summed E-state index contributed by atoms with van der Waals surface area (Å²) in [5.74, 6) is 0. The minimum atomic E-state index is 0.118. The van der Waals surface area contributed by atoms with Crippen molar-refractivity contribution in [3.63, 3.8) is 0 Å². The Kier molecular flexibility index (Phi) is 13.1. The van der Waals surface area contributed by atoms with Gasteiger partial charge in [0.2, 0.25) is 0 Å². The van der Waals surface area contributed by atoms with Gasteiger partial charge in [0.05, 0.1) is 6.17 Å². The zero-order valence-electron chi connectivity index (χ0n) is 16.3. The second kappa shape index (κ2) is 14.7. The van der Waals surface area contributed by atoms with E-state index in [1.807, 2.05) is 6.21 Å². The summed E-state index contributed by atoms with van der Waals surface area (Å²) in [5.41, 5.74) is 5.98. The summed E-state index contributed by atoms with van der Waals surface area (Å²) in [4.78, 5) is 6.82. The number of hydrogen-bond acceptors (Lipinski definition) is 3. The van der Waals surface area contributed by atoms with E-state index in [4.69, 9.17) is 5.73 Å². The third-order valence-electron chi connectivity index (χ3n) is 4.95. The normalized spacial score (nSPS) is 19.5. The number of hydrogen-bond donors (Lipinski definition) is 1. The second-order valence-electron chi connectivity index (χ2n) is 7.27. The van der Waals surface area contributed by atoms with Crippen molar-refractivity contribution in [2.45, 2.75) is 110 Å². The van der Waals surface area contributed by atoms with Gasteiger partial charge >= 0.3 is 0 Å². The monoisotopic (exact) mass is 335 g/mol. The Hall–Kier alpha value is -0.670. The van der Waals surface area contributed by atoms with Crippen molar-refractivity contribution in [3.05, 3.63) is 12.2 Å². The van der Waals surface area contributed by atoms with Gasteiger partial charge in [-0.3, -0.25) is 9.89 Å². The van der Waals surface area contributed by atoms with Gasteiger partial charge < -0.3 is 5.73 Å². The van der Waals surface area contributed by atoms with Gasteiger partial charge in [-0.25, -0.2) is 0 Å². The highest BCUT2D eigenvalue weighted by Crippen LogP contribution is 2.16. The highest BCUT2D eigenvalue weighted by Gasteiger charge is 2.22. The molecular weight excluding hydrogens is 294 g/mol. The molecule has 0 fully saturated rings. The van der Waals surface area contributed by atoms with Crippen LogP contribution in [0.15, 0.2) is 17.1 Å². The number of nitrogens with two attached hydrogens (primary N) is 1. The quantitative estimate of drug-likeness (QED) is 0.310. The van der Waals surface area contributed by atoms with Crippen molar-refractivity contribution in [1.82, 2.24) is 4.90 Å². The Morgan fingerprint density at radius 3 is 2.21 bits per heavy atom. The molecule has 2 unspecified atom stereocenters. The van der Waals surface area contributed by atoms with Gasteiger partial charge in [-0.2, -0.15) is 0 Å². The lowest BCUT2D eigenvalue weighted by atomic mass is 10.1. The predicted molar refractivity (Wildman–Crippen MR) is 107 cm³/mol. The van der Waals surface area contributed by atoms with Gasteiger partial charge in [0.1, 0.15) is 6.17 Å². The first-order chi connectivity index (χ1) is 11.8. The van der Waals surface area contributed by atoms with E-state index < -0.39 is 0 Å². The van der Waals surface area contributed by atoms with Gasteiger partial charge in [-0.05, 0) is 45.4 Å². The Balaban J connectivity index is 1.85. The molecule has 2 N–H and O–H groups in total. The summed E-state index contributed by atoms with van der Waals surface area (Å²) in [6.07, 6.45) is 24.6. The van der Waals surface area contributed by atoms with Crippen LogP contribution < -0.4 is 5.73 Å². The third-order valence-corrected chi connectivity index (χ3v) is 4.95. The summed E-state index contributed by atoms with van der Waals surface area (Å²) in [7, 11) is 0. The molecule has 1 aliphatic heterocycles. The van der Waals surface area contributed by atoms with E-state index in [9.17, 15) is 0 Å². The second-order valence-corrected chi connectivity index (χ2v) is 7.27. The highest BCUT2D eigenvalue weighted by molar-refractivity contribution is 5.62. The van der Waals surface area contributed by atoms with Gasteiger partial charge in [0.25, 0.3) is 0 Å². The van der Waals surface area contributed by atoms with Crippen LogP contribution in [0.1, 0.15) is 97.3 Å². The molecule has 0 saturated heterocycles. The molecule has 0 amide bonds. The maximum atomic E-state index is 5.98. The van der Waals surface area contributed by atoms with Crippen LogP contribution in [-0.4, -0.2) is 30.0 Å². The van der Waals surface area contributed by atoms with Gasteiger partial charge in [-0.1, -0.05) is 64.0 Å². The average Bonchev–Trinajstić information content (AvgIpc) is 3.04. The molecule has 2 atom stereocenters. The Morgan fingerprint density at radius 2 is 1.58 bits per heavy atom. The minimum Gasteiger partial charge on any atom is -0.316 e. The van der Waals surface area contributed by atoms with Crippen molar-refractivity contribution < 1.29 is 0 Å². The van der Waals surface area contributed by atoms with Gasteiger partial charge in [0, 0.05) is 12.8 Å². The zero-order valence-corrected chi connectivity index (χ0v) is 16.3. The van der Waals surface area contributed by atoms with E-state index in [2.05, 4.69) is 35.9 Å². The molecular formula is C21H41N3. The van der Waals surface area contributed by atoms with Crippen LogP contribution in [0.2, 0.25) is 0 Å². The molecule has 1 aliphatic rings. The fraction of sp³-hybridized carbons (Fsp3) is 0.857. The van der Waals surface area contributed by atoms with E-state index in [1.165, 1.54) is 77.0 Å². The number of nitrogens with zero attached hydrogens (tertiary/aromatic N) is 2. The molecule has 1 rings (SSSR count). The number of rotatable bonds is 15. The van der Waals surface area contributed by atoms with E-state index in [1.54, 1.807) is 0 Å². The molecule has 140 valence electrons. The minimum absolute atomic E-state index is 0.118. The summed E-state index contributed by atoms with van der Waals surface area (Å²) in [6, 6.07) is 0. The molecule has 0 bridgehead atoms. The molecule has 0 spiro atoms. The fourth-order valence-corrected chi connectivity index (χ4v) is 3.37. The fourth-order valence-electron chi connectivity index (χ4n) is 3.37. The topological polar surface area (TPSA) is 41.6 Å². The van der Waals surface area contributed by atoms with Crippen molar-refractivity contribution in [2.24, 2.45) is 10.7 Å². The molecule has 3 nitrogen and oxygen atoms in total. The lowest BCUT2D eigenvalue weighted by molar-refractivity contribution is 0.182. The van der Waals surface area contributed by atoms with E-state index >= 15 is 0 Å². The Morgan fingerprint density at radius 1 is 1.00 bits per heavy atom. The lowest BCUT2D eigenvalue weighted by Crippen LogP contribution is -2.43. The van der Waals surface area contributed by atoms with Crippen molar-refractivity contribution in [3.8, 4) is 0 Å². The van der Waals surface area contributed by atoms with Crippen LogP contribution in [-0.2, 0) is 0 Å². The Labute approximate surface area is 150 Å². The number of allylic oxidation sites excluding steroid dienone is 2. The van der Waals surface area contributed by atoms with E-state index in [0.717, 1.165) is 13.0 Å². The molecule has 24 heavy (non-hydrogen) atoms. The molecule has 3 heteroatoms. The van der Waals surface area contributed by atoms with Crippen LogP contribution in [0.3, 0.4) is 0 Å². The Bertz CT molecular complexity index is 336. The molecule has 0 aromatic carbocycles. The molecule has 0 aliphatic carbocycles. The van der Waals surface area contributed by atoms with Crippen LogP contribution >= 0.6 is 0 Å². The molecule has 0 radical (unpaired) electrons. The largest absolute Gasteiger partial charge is 0.316 e. The molecule has 0 aromatic heterocycles. The maximum absolute atomic E-state index is 5.98. The molecule has 1 heterocycles. The van der Waals surface area contributed by atoms with Crippen LogP contribution in [0, 0.1) is 0 Å². The summed E-state index contributed by atoms with van der Waals surface area (Å²) >= 11 is 0. The summed E-state index contributed by atoms with van der Waals surface area (Å²) in [5, 5.41) is 0. The first-order valence-corrected chi connectivity index (χ1v) is 10.4. The van der Waals surface area contributed by atoms with Crippen LogP contribution in [0.4, 0.5) is 0 Å². The van der Waals surface area contributed by atoms with Crippen LogP contribution in [0.5, 0.6) is 0 Å². The molecule has 0 saturated carbocycles. The number of aliphatic imine (C=N–C) groups is 1. The summed E-state index contributed by atoms with van der Waals surface area (Å²) in [6.45, 7) is 5.25. The van der Waals surface area contributed by atoms with Crippen molar-refractivity contribution in [2.75, 3.05) is 6.54 Å². The van der Waals surface area contributed by atoms with Crippen molar-refractivity contribution in [1.29, 1.82) is 0 Å². The van der Waals surface area contributed by atoms with E-state index in [0.29, 0.717) is 6.17 Å². The first kappa shape index (κ1) is 21.4. The van der Waals surface area contributed by atoms with Crippen LogP contribution in [0.25, 0.3) is 0 Å². The lowest BCUT2D eigenvalue weighted by Gasteiger charge is -2.26. The number of unbranched alkanes of at least 4 members (excludes halogenated alkanes) is 10. The summed E-state index contributed by atoms with van der Waals surface area (Å²) < 4.78 is 0. The smallest absolute Gasteiger partial charge is 0.103 e. The third kappa shape index (κ3) is 10.2. The average molecular weight is 336 g/mol.